The molecule has 2 aromatic carbocycles. The molecule has 0 saturated carbocycles. The van der Waals surface area contributed by atoms with Crippen LogP contribution < -0.4 is 10.2 Å². The number of aldehydes is 1. The van der Waals surface area contributed by atoms with Crippen LogP contribution in [-0.2, 0) is 4.79 Å². The zero-order valence-electron chi connectivity index (χ0n) is 13.8. The number of carbonyl (C=O) groups is 2. The Morgan fingerprint density at radius 3 is 2.23 bits per heavy atom. The Labute approximate surface area is 160 Å². The summed E-state index contributed by atoms with van der Waals surface area (Å²) in [7, 11) is 0. The van der Waals surface area contributed by atoms with E-state index in [4.69, 9.17) is 23.2 Å². The largest absolute Gasteiger partial charge is 0.371 e. The van der Waals surface area contributed by atoms with Gasteiger partial charge in [0, 0.05) is 35.9 Å². The minimum Gasteiger partial charge on any atom is -0.371 e. The number of hydrogen-bond acceptors (Lipinski definition) is 3. The van der Waals surface area contributed by atoms with E-state index in [1.165, 1.54) is 12.1 Å². The maximum Gasteiger partial charge on any atom is 0.227 e. The fourth-order valence-electron chi connectivity index (χ4n) is 3.04. The fraction of sp³-hybridized carbons (Fsp3) is 0.263. The minimum atomic E-state index is -0.694. The Kier molecular flexibility index (Phi) is 5.79. The van der Waals surface area contributed by atoms with Crippen molar-refractivity contribution >= 4 is 46.8 Å². The predicted octanol–water partition coefficient (Wildman–Crippen LogP) is 4.80. The van der Waals surface area contributed by atoms with Crippen LogP contribution in [0.25, 0.3) is 0 Å². The van der Waals surface area contributed by atoms with Crippen LogP contribution in [0.15, 0.2) is 36.4 Å². The van der Waals surface area contributed by atoms with E-state index < -0.39 is 5.82 Å². The third kappa shape index (κ3) is 4.17. The van der Waals surface area contributed by atoms with E-state index in [0.29, 0.717) is 24.1 Å². The van der Waals surface area contributed by atoms with Crippen molar-refractivity contribution < 1.29 is 14.0 Å². The van der Waals surface area contributed by atoms with Crippen LogP contribution in [0.3, 0.4) is 0 Å². The van der Waals surface area contributed by atoms with Crippen molar-refractivity contribution in [3.05, 3.63) is 57.8 Å². The molecule has 0 spiro atoms. The topological polar surface area (TPSA) is 49.4 Å². The molecule has 136 valence electrons. The first-order valence-electron chi connectivity index (χ1n) is 8.23. The molecule has 4 nitrogen and oxygen atoms in total. The summed E-state index contributed by atoms with van der Waals surface area (Å²) in [4.78, 5) is 25.4. The normalized spacial score (nSPS) is 15.0. The summed E-state index contributed by atoms with van der Waals surface area (Å²) in [5.74, 6) is -0.956. The average molecular weight is 395 g/mol. The summed E-state index contributed by atoms with van der Waals surface area (Å²) >= 11 is 11.5. The van der Waals surface area contributed by atoms with E-state index in [2.05, 4.69) is 10.2 Å². The van der Waals surface area contributed by atoms with Gasteiger partial charge in [0.05, 0.1) is 10.0 Å². The van der Waals surface area contributed by atoms with Gasteiger partial charge in [0.15, 0.2) is 5.82 Å². The molecule has 2 aromatic rings. The Hall–Kier alpha value is -2.11. The van der Waals surface area contributed by atoms with Gasteiger partial charge in [-0.1, -0.05) is 23.2 Å². The molecule has 1 heterocycles. The maximum atomic E-state index is 13.5. The molecule has 0 aliphatic carbocycles. The minimum absolute atomic E-state index is 0.124. The number of amides is 1. The Morgan fingerprint density at radius 1 is 1.12 bits per heavy atom. The van der Waals surface area contributed by atoms with Crippen molar-refractivity contribution in [2.24, 2.45) is 5.92 Å². The summed E-state index contributed by atoms with van der Waals surface area (Å²) in [5, 5.41) is 2.51. The predicted molar refractivity (Wildman–Crippen MR) is 102 cm³/mol. The second-order valence-electron chi connectivity index (χ2n) is 6.21. The van der Waals surface area contributed by atoms with E-state index in [9.17, 15) is 14.0 Å². The van der Waals surface area contributed by atoms with Crippen LogP contribution in [0.2, 0.25) is 10.0 Å². The number of anilines is 2. The standard InChI is InChI=1S/C19H17Cl2FN2O2/c20-16-9-14(10-17(21)18(16)22)23-19(26)13-5-7-24(8-6-13)15-3-1-12(11-25)2-4-15/h1-4,9-11,13H,5-8H2,(H,23,26). The molecular weight excluding hydrogens is 378 g/mol. The van der Waals surface area contributed by atoms with Crippen LogP contribution in [0.1, 0.15) is 23.2 Å². The highest BCUT2D eigenvalue weighted by atomic mass is 35.5. The maximum absolute atomic E-state index is 13.5. The summed E-state index contributed by atoms with van der Waals surface area (Å²) in [5.41, 5.74) is 2.06. The van der Waals surface area contributed by atoms with E-state index in [0.717, 1.165) is 25.1 Å². The zero-order chi connectivity index (χ0) is 18.7. The SMILES string of the molecule is O=Cc1ccc(N2CCC(C(=O)Nc3cc(Cl)c(F)c(Cl)c3)CC2)cc1. The van der Waals surface area contributed by atoms with Crippen LogP contribution >= 0.6 is 23.2 Å². The highest BCUT2D eigenvalue weighted by molar-refractivity contribution is 6.35. The van der Waals surface area contributed by atoms with E-state index in [1.54, 1.807) is 12.1 Å². The molecule has 0 unspecified atom stereocenters. The molecule has 0 radical (unpaired) electrons. The molecule has 1 N–H and O–H groups in total. The smallest absolute Gasteiger partial charge is 0.227 e. The quantitative estimate of drug-likeness (QED) is 0.598. The van der Waals surface area contributed by atoms with E-state index in [-0.39, 0.29) is 21.9 Å². The lowest BCUT2D eigenvalue weighted by Gasteiger charge is -2.33. The average Bonchev–Trinajstić information content (AvgIpc) is 2.66. The van der Waals surface area contributed by atoms with Crippen LogP contribution in [0.4, 0.5) is 15.8 Å². The molecule has 7 heteroatoms. The van der Waals surface area contributed by atoms with Gasteiger partial charge < -0.3 is 10.2 Å². The molecule has 0 aromatic heterocycles. The van der Waals surface area contributed by atoms with Gasteiger partial charge >= 0.3 is 0 Å². The lowest BCUT2D eigenvalue weighted by molar-refractivity contribution is -0.120. The molecule has 1 aliphatic heterocycles. The zero-order valence-corrected chi connectivity index (χ0v) is 15.4. The van der Waals surface area contributed by atoms with Gasteiger partial charge in [0.1, 0.15) is 6.29 Å². The number of nitrogens with zero attached hydrogens (tertiary/aromatic N) is 1. The molecular formula is C19H17Cl2FN2O2. The first-order valence-corrected chi connectivity index (χ1v) is 8.99. The lowest BCUT2D eigenvalue weighted by Crippen LogP contribution is -2.38. The van der Waals surface area contributed by atoms with Crippen molar-refractivity contribution in [2.75, 3.05) is 23.3 Å². The van der Waals surface area contributed by atoms with Crippen molar-refractivity contribution in [3.63, 3.8) is 0 Å². The Balaban J connectivity index is 1.58. The van der Waals surface area contributed by atoms with Crippen molar-refractivity contribution in [1.29, 1.82) is 0 Å². The number of carbonyl (C=O) groups excluding carboxylic acids is 2. The van der Waals surface area contributed by atoms with E-state index >= 15 is 0 Å². The van der Waals surface area contributed by atoms with Gasteiger partial charge in [0.2, 0.25) is 5.91 Å². The molecule has 1 amide bonds. The highest BCUT2D eigenvalue weighted by Gasteiger charge is 2.25. The fourth-order valence-corrected chi connectivity index (χ4v) is 3.52. The third-order valence-electron chi connectivity index (χ3n) is 4.51. The first-order chi connectivity index (χ1) is 12.5. The second-order valence-corrected chi connectivity index (χ2v) is 7.03. The van der Waals surface area contributed by atoms with Crippen LogP contribution in [0, 0.1) is 11.7 Å². The molecule has 1 saturated heterocycles. The number of nitrogens with one attached hydrogen (secondary N) is 1. The number of hydrogen-bond donors (Lipinski definition) is 1. The molecule has 0 bridgehead atoms. The number of benzene rings is 2. The molecule has 0 atom stereocenters. The molecule has 3 rings (SSSR count). The van der Waals surface area contributed by atoms with E-state index in [1.807, 2.05) is 12.1 Å². The third-order valence-corrected chi connectivity index (χ3v) is 5.06. The van der Waals surface area contributed by atoms with Gasteiger partial charge in [-0.25, -0.2) is 4.39 Å². The summed E-state index contributed by atoms with van der Waals surface area (Å²) in [6.45, 7) is 1.48. The summed E-state index contributed by atoms with van der Waals surface area (Å²) < 4.78 is 13.5. The van der Waals surface area contributed by atoms with Crippen LogP contribution in [0.5, 0.6) is 0 Å². The Morgan fingerprint density at radius 2 is 1.69 bits per heavy atom. The van der Waals surface area contributed by atoms with Gasteiger partial charge in [-0.15, -0.1) is 0 Å². The number of piperidine rings is 1. The van der Waals surface area contributed by atoms with Crippen molar-refractivity contribution in [3.8, 4) is 0 Å². The number of rotatable bonds is 4. The molecule has 26 heavy (non-hydrogen) atoms. The van der Waals surface area contributed by atoms with Crippen molar-refractivity contribution in [2.45, 2.75) is 12.8 Å². The van der Waals surface area contributed by atoms with Gasteiger partial charge in [-0.05, 0) is 49.2 Å². The first kappa shape index (κ1) is 18.7. The monoisotopic (exact) mass is 394 g/mol. The molecule has 1 aliphatic rings. The number of halogens is 3. The highest BCUT2D eigenvalue weighted by Crippen LogP contribution is 2.29. The van der Waals surface area contributed by atoms with Crippen molar-refractivity contribution in [1.82, 2.24) is 0 Å². The second kappa shape index (κ2) is 8.06. The summed E-state index contributed by atoms with van der Waals surface area (Å²) in [6, 6.07) is 10.1. The summed E-state index contributed by atoms with van der Waals surface area (Å²) in [6.07, 6.45) is 2.21. The molecule has 1 fully saturated rings. The van der Waals surface area contributed by atoms with Crippen LogP contribution in [-0.4, -0.2) is 25.3 Å². The van der Waals surface area contributed by atoms with Gasteiger partial charge in [-0.2, -0.15) is 0 Å². The van der Waals surface area contributed by atoms with Gasteiger partial charge in [-0.3, -0.25) is 9.59 Å². The van der Waals surface area contributed by atoms with Gasteiger partial charge in [0.25, 0.3) is 0 Å². The Bertz CT molecular complexity index is 796. The lowest BCUT2D eigenvalue weighted by atomic mass is 9.95.